The summed E-state index contributed by atoms with van der Waals surface area (Å²) < 4.78 is 4.68. The Hall–Kier alpha value is -0.570. The molecule has 1 rings (SSSR count). The molecule has 1 aliphatic rings. The minimum atomic E-state index is -0.113. The molecule has 0 aliphatic heterocycles. The molecule has 0 heterocycles. The number of ether oxygens (including phenoxy) is 1. The van der Waals surface area contributed by atoms with Crippen LogP contribution in [0.4, 0.5) is 0 Å². The van der Waals surface area contributed by atoms with Crippen LogP contribution < -0.4 is 0 Å². The van der Waals surface area contributed by atoms with Gasteiger partial charge in [-0.15, -0.1) is 0 Å². The lowest BCUT2D eigenvalue weighted by Crippen LogP contribution is -2.37. The van der Waals surface area contributed by atoms with Crippen molar-refractivity contribution in [2.45, 2.75) is 32.6 Å². The molecule has 0 atom stereocenters. The molecule has 0 aromatic rings. The van der Waals surface area contributed by atoms with Gasteiger partial charge in [-0.2, -0.15) is 0 Å². The first-order valence-electron chi connectivity index (χ1n) is 5.55. The van der Waals surface area contributed by atoms with Gasteiger partial charge in [0.05, 0.1) is 13.7 Å². The van der Waals surface area contributed by atoms with Crippen LogP contribution >= 0.6 is 0 Å². The maximum Gasteiger partial charge on any atom is 0.319 e. The molecule has 1 fully saturated rings. The van der Waals surface area contributed by atoms with Crippen molar-refractivity contribution in [3.8, 4) is 0 Å². The van der Waals surface area contributed by atoms with Crippen molar-refractivity contribution in [3.63, 3.8) is 0 Å². The van der Waals surface area contributed by atoms with E-state index in [9.17, 15) is 4.79 Å². The topological polar surface area (TPSA) is 29.5 Å². The Kier molecular flexibility index (Phi) is 4.94. The number of hydrogen-bond acceptors (Lipinski definition) is 3. The molecule has 0 unspecified atom stereocenters. The van der Waals surface area contributed by atoms with Crippen molar-refractivity contribution in [3.05, 3.63) is 0 Å². The Morgan fingerprint density at radius 1 is 1.50 bits per heavy atom. The quantitative estimate of drug-likeness (QED) is 0.609. The van der Waals surface area contributed by atoms with Crippen LogP contribution in [-0.4, -0.2) is 37.6 Å². The molecule has 1 aliphatic carbocycles. The Labute approximate surface area is 86.4 Å². The third kappa shape index (κ3) is 3.66. The molecule has 3 heteroatoms. The number of esters is 1. The van der Waals surface area contributed by atoms with Crippen molar-refractivity contribution in [2.24, 2.45) is 5.92 Å². The van der Waals surface area contributed by atoms with Crippen molar-refractivity contribution in [2.75, 3.05) is 26.7 Å². The number of hydrogen-bond donors (Lipinski definition) is 0. The van der Waals surface area contributed by atoms with Gasteiger partial charge in [0, 0.05) is 6.54 Å². The van der Waals surface area contributed by atoms with Crippen LogP contribution in [0.2, 0.25) is 0 Å². The second kappa shape index (κ2) is 6.02. The lowest BCUT2D eigenvalue weighted by atomic mass is 9.85. The summed E-state index contributed by atoms with van der Waals surface area (Å²) in [5.41, 5.74) is 0. The fourth-order valence-corrected chi connectivity index (χ4v) is 1.84. The molecule has 3 nitrogen and oxygen atoms in total. The molecule has 1 saturated carbocycles. The van der Waals surface area contributed by atoms with Crippen molar-refractivity contribution in [1.29, 1.82) is 0 Å². The largest absolute Gasteiger partial charge is 0.468 e. The summed E-state index contributed by atoms with van der Waals surface area (Å²) in [6, 6.07) is 0. The van der Waals surface area contributed by atoms with E-state index in [1.807, 2.05) is 0 Å². The van der Waals surface area contributed by atoms with E-state index < -0.39 is 0 Å². The molecule has 0 amide bonds. The van der Waals surface area contributed by atoms with Crippen molar-refractivity contribution in [1.82, 2.24) is 4.90 Å². The second-order valence-corrected chi connectivity index (χ2v) is 4.11. The predicted molar refractivity (Wildman–Crippen MR) is 56.1 cm³/mol. The first-order chi connectivity index (χ1) is 6.76. The summed E-state index contributed by atoms with van der Waals surface area (Å²) in [4.78, 5) is 13.3. The smallest absolute Gasteiger partial charge is 0.319 e. The Balaban J connectivity index is 2.25. The van der Waals surface area contributed by atoms with E-state index in [0.29, 0.717) is 6.54 Å². The highest BCUT2D eigenvalue weighted by molar-refractivity contribution is 5.71. The SMILES string of the molecule is CCCN(CC(=O)OC)CC1CCC1. The van der Waals surface area contributed by atoms with E-state index >= 15 is 0 Å². The van der Waals surface area contributed by atoms with E-state index in [1.54, 1.807) is 0 Å². The Morgan fingerprint density at radius 3 is 2.64 bits per heavy atom. The van der Waals surface area contributed by atoms with Gasteiger partial charge < -0.3 is 4.74 Å². The zero-order chi connectivity index (χ0) is 10.4. The molecule has 0 aromatic heterocycles. The first kappa shape index (κ1) is 11.5. The molecule has 0 saturated heterocycles. The second-order valence-electron chi connectivity index (χ2n) is 4.11. The van der Waals surface area contributed by atoms with Crippen LogP contribution in [0.15, 0.2) is 0 Å². The molecule has 0 N–H and O–H groups in total. The third-order valence-electron chi connectivity index (χ3n) is 2.86. The van der Waals surface area contributed by atoms with Crippen LogP contribution in [-0.2, 0) is 9.53 Å². The monoisotopic (exact) mass is 199 g/mol. The third-order valence-corrected chi connectivity index (χ3v) is 2.86. The molecule has 0 bridgehead atoms. The maximum absolute atomic E-state index is 11.1. The minimum Gasteiger partial charge on any atom is -0.468 e. The highest BCUT2D eigenvalue weighted by Crippen LogP contribution is 2.27. The van der Waals surface area contributed by atoms with E-state index in [-0.39, 0.29) is 5.97 Å². The highest BCUT2D eigenvalue weighted by atomic mass is 16.5. The summed E-state index contributed by atoms with van der Waals surface area (Å²) in [5.74, 6) is 0.712. The fraction of sp³-hybridized carbons (Fsp3) is 0.909. The lowest BCUT2D eigenvalue weighted by molar-refractivity contribution is -0.142. The van der Waals surface area contributed by atoms with Gasteiger partial charge in [0.25, 0.3) is 0 Å². The number of carbonyl (C=O) groups excluding carboxylic acids is 1. The van der Waals surface area contributed by atoms with Gasteiger partial charge in [-0.3, -0.25) is 9.69 Å². The summed E-state index contributed by atoms with van der Waals surface area (Å²) in [6.07, 6.45) is 5.13. The maximum atomic E-state index is 11.1. The van der Waals surface area contributed by atoms with Crippen LogP contribution in [0, 0.1) is 5.92 Å². The van der Waals surface area contributed by atoms with Crippen LogP contribution in [0.1, 0.15) is 32.6 Å². The zero-order valence-electron chi connectivity index (χ0n) is 9.29. The van der Waals surface area contributed by atoms with Gasteiger partial charge in [0.15, 0.2) is 0 Å². The lowest BCUT2D eigenvalue weighted by Gasteiger charge is -2.31. The average Bonchev–Trinajstić information content (AvgIpc) is 2.11. The van der Waals surface area contributed by atoms with E-state index in [4.69, 9.17) is 0 Å². The van der Waals surface area contributed by atoms with Gasteiger partial charge in [0.2, 0.25) is 0 Å². The molecule has 0 radical (unpaired) electrons. The molecule has 82 valence electrons. The summed E-state index contributed by atoms with van der Waals surface area (Å²) >= 11 is 0. The van der Waals surface area contributed by atoms with Gasteiger partial charge >= 0.3 is 5.97 Å². The average molecular weight is 199 g/mol. The van der Waals surface area contributed by atoms with Crippen LogP contribution in [0.3, 0.4) is 0 Å². The van der Waals surface area contributed by atoms with Crippen LogP contribution in [0.25, 0.3) is 0 Å². The van der Waals surface area contributed by atoms with Gasteiger partial charge in [-0.25, -0.2) is 0 Å². The fourth-order valence-electron chi connectivity index (χ4n) is 1.84. The van der Waals surface area contributed by atoms with E-state index in [0.717, 1.165) is 25.4 Å². The van der Waals surface area contributed by atoms with Crippen molar-refractivity contribution < 1.29 is 9.53 Å². The molecule has 0 spiro atoms. The highest BCUT2D eigenvalue weighted by Gasteiger charge is 2.21. The number of rotatable bonds is 6. The van der Waals surface area contributed by atoms with Gasteiger partial charge in [-0.1, -0.05) is 13.3 Å². The molecule has 0 aromatic carbocycles. The standard InChI is InChI=1S/C11H21NO2/c1-3-7-12(9-11(13)14-2)8-10-5-4-6-10/h10H,3-9H2,1-2H3. The Morgan fingerprint density at radius 2 is 2.21 bits per heavy atom. The molecular formula is C11H21NO2. The minimum absolute atomic E-state index is 0.113. The zero-order valence-corrected chi connectivity index (χ0v) is 9.29. The Bertz CT molecular complexity index is 178. The summed E-state index contributed by atoms with van der Waals surface area (Å²) in [5, 5.41) is 0. The molecule has 14 heavy (non-hydrogen) atoms. The van der Waals surface area contributed by atoms with Crippen LogP contribution in [0.5, 0.6) is 0 Å². The van der Waals surface area contributed by atoms with Gasteiger partial charge in [0.1, 0.15) is 0 Å². The van der Waals surface area contributed by atoms with Gasteiger partial charge in [-0.05, 0) is 31.7 Å². The van der Waals surface area contributed by atoms with E-state index in [2.05, 4.69) is 16.6 Å². The van der Waals surface area contributed by atoms with E-state index in [1.165, 1.54) is 26.4 Å². The normalized spacial score (nSPS) is 16.8. The molecular weight excluding hydrogens is 178 g/mol. The van der Waals surface area contributed by atoms with Crippen molar-refractivity contribution >= 4 is 5.97 Å². The predicted octanol–water partition coefficient (Wildman–Crippen LogP) is 1.67. The number of nitrogens with zero attached hydrogens (tertiary/aromatic N) is 1. The number of methoxy groups -OCH3 is 1. The first-order valence-corrected chi connectivity index (χ1v) is 5.55. The number of carbonyl (C=O) groups is 1. The summed E-state index contributed by atoms with van der Waals surface area (Å²) in [7, 11) is 1.45. The summed E-state index contributed by atoms with van der Waals surface area (Å²) in [6.45, 7) is 4.68.